The van der Waals surface area contributed by atoms with Gasteiger partial charge in [0.2, 0.25) is 5.91 Å². The summed E-state index contributed by atoms with van der Waals surface area (Å²) in [6, 6.07) is 9.32. The molecule has 118 valence electrons. The van der Waals surface area contributed by atoms with E-state index in [0.29, 0.717) is 17.8 Å². The van der Waals surface area contributed by atoms with Crippen molar-refractivity contribution < 1.29 is 4.79 Å². The lowest BCUT2D eigenvalue weighted by molar-refractivity contribution is -0.119. The van der Waals surface area contributed by atoms with Gasteiger partial charge in [-0.2, -0.15) is 0 Å². The quantitative estimate of drug-likeness (QED) is 0.873. The lowest BCUT2D eigenvalue weighted by Crippen LogP contribution is -2.47. The van der Waals surface area contributed by atoms with Crippen molar-refractivity contribution in [2.24, 2.45) is 0 Å². The Hall–Kier alpha value is -0.710. The predicted octanol–water partition coefficient (Wildman–Crippen LogP) is 2.91. The molecule has 2 atom stereocenters. The molecule has 2 unspecified atom stereocenters. The second-order valence-electron chi connectivity index (χ2n) is 5.63. The van der Waals surface area contributed by atoms with E-state index in [1.807, 2.05) is 0 Å². The second kappa shape index (κ2) is 9.34. The lowest BCUT2D eigenvalue weighted by Gasteiger charge is -2.28. The summed E-state index contributed by atoms with van der Waals surface area (Å²) in [4.78, 5) is 11.9. The van der Waals surface area contributed by atoms with Crippen LogP contribution in [0.1, 0.15) is 30.9 Å². The van der Waals surface area contributed by atoms with Crippen LogP contribution in [0.25, 0.3) is 0 Å². The zero-order valence-electron chi connectivity index (χ0n) is 12.7. The van der Waals surface area contributed by atoms with Crippen molar-refractivity contribution >= 4 is 30.1 Å². The van der Waals surface area contributed by atoms with Gasteiger partial charge in [0, 0.05) is 17.8 Å². The maximum Gasteiger partial charge on any atom is 0.230 e. The third-order valence-electron chi connectivity index (χ3n) is 3.57. The summed E-state index contributed by atoms with van der Waals surface area (Å²) in [5.41, 5.74) is 2.56. The molecule has 2 rings (SSSR count). The number of piperidine rings is 1. The fourth-order valence-corrected chi connectivity index (χ4v) is 3.38. The maximum atomic E-state index is 11.9. The minimum absolute atomic E-state index is 0. The topological polar surface area (TPSA) is 41.1 Å². The van der Waals surface area contributed by atoms with Crippen LogP contribution in [0.5, 0.6) is 0 Å². The molecule has 1 fully saturated rings. The monoisotopic (exact) mass is 328 g/mol. The zero-order valence-corrected chi connectivity index (χ0v) is 14.4. The SMILES string of the molecule is Cc1cccc(CSCC(=O)NC2CCNC(C)C2)c1.Cl. The molecule has 0 aromatic heterocycles. The molecule has 0 spiro atoms. The first-order valence-corrected chi connectivity index (χ1v) is 8.45. The lowest BCUT2D eigenvalue weighted by atomic mass is 10.0. The van der Waals surface area contributed by atoms with Crippen molar-refractivity contribution in [3.8, 4) is 0 Å². The molecule has 1 amide bonds. The first kappa shape index (κ1) is 18.3. The highest BCUT2D eigenvalue weighted by Gasteiger charge is 2.19. The molecule has 5 heteroatoms. The van der Waals surface area contributed by atoms with Gasteiger partial charge in [-0.05, 0) is 38.8 Å². The highest BCUT2D eigenvalue weighted by atomic mass is 35.5. The Kier molecular flexibility index (Phi) is 8.15. The average Bonchev–Trinajstić information content (AvgIpc) is 2.38. The molecule has 3 nitrogen and oxygen atoms in total. The van der Waals surface area contributed by atoms with Gasteiger partial charge >= 0.3 is 0 Å². The number of amides is 1. The van der Waals surface area contributed by atoms with Crippen LogP contribution in [0.4, 0.5) is 0 Å². The Morgan fingerprint density at radius 1 is 1.48 bits per heavy atom. The first-order valence-electron chi connectivity index (χ1n) is 7.29. The highest BCUT2D eigenvalue weighted by Crippen LogP contribution is 2.14. The van der Waals surface area contributed by atoms with E-state index in [4.69, 9.17) is 0 Å². The van der Waals surface area contributed by atoms with Gasteiger partial charge in [0.1, 0.15) is 0 Å². The van der Waals surface area contributed by atoms with Gasteiger partial charge in [0.05, 0.1) is 5.75 Å². The van der Waals surface area contributed by atoms with Gasteiger partial charge in [-0.1, -0.05) is 29.8 Å². The Balaban J connectivity index is 0.00000220. The van der Waals surface area contributed by atoms with Gasteiger partial charge in [0.15, 0.2) is 0 Å². The number of rotatable bonds is 5. The third-order valence-corrected chi connectivity index (χ3v) is 4.58. The Bertz CT molecular complexity index is 456. The Morgan fingerprint density at radius 3 is 3.00 bits per heavy atom. The minimum atomic E-state index is 0. The van der Waals surface area contributed by atoms with Crippen molar-refractivity contribution in [1.82, 2.24) is 10.6 Å². The molecular weight excluding hydrogens is 304 g/mol. The summed E-state index contributed by atoms with van der Waals surface area (Å²) in [5, 5.41) is 6.55. The molecule has 1 heterocycles. The number of benzene rings is 1. The average molecular weight is 329 g/mol. The molecular formula is C16H25ClN2OS. The third kappa shape index (κ3) is 6.72. The predicted molar refractivity (Wildman–Crippen MR) is 93.2 cm³/mol. The van der Waals surface area contributed by atoms with Crippen molar-refractivity contribution in [1.29, 1.82) is 0 Å². The van der Waals surface area contributed by atoms with E-state index < -0.39 is 0 Å². The summed E-state index contributed by atoms with van der Waals surface area (Å²) in [7, 11) is 0. The molecule has 1 aliphatic rings. The van der Waals surface area contributed by atoms with Gasteiger partial charge in [0.25, 0.3) is 0 Å². The fraction of sp³-hybridized carbons (Fsp3) is 0.562. The van der Waals surface area contributed by atoms with E-state index in [0.717, 1.165) is 25.1 Å². The smallest absolute Gasteiger partial charge is 0.230 e. The van der Waals surface area contributed by atoms with E-state index in [1.54, 1.807) is 11.8 Å². The van der Waals surface area contributed by atoms with Crippen LogP contribution in [-0.4, -0.2) is 30.3 Å². The molecule has 0 bridgehead atoms. The standard InChI is InChI=1S/C16H24N2OS.ClH/c1-12-4-3-5-14(8-12)10-20-11-16(19)18-15-6-7-17-13(2)9-15;/h3-5,8,13,15,17H,6-7,9-11H2,1-2H3,(H,18,19);1H. The Labute approximate surface area is 138 Å². The van der Waals surface area contributed by atoms with Crippen molar-refractivity contribution in [3.05, 3.63) is 35.4 Å². The normalized spacial score (nSPS) is 21.4. The number of nitrogens with one attached hydrogen (secondary N) is 2. The highest BCUT2D eigenvalue weighted by molar-refractivity contribution is 7.99. The van der Waals surface area contributed by atoms with Crippen LogP contribution < -0.4 is 10.6 Å². The van der Waals surface area contributed by atoms with E-state index in [9.17, 15) is 4.79 Å². The van der Waals surface area contributed by atoms with Crippen LogP contribution >= 0.6 is 24.2 Å². The summed E-state index contributed by atoms with van der Waals surface area (Å²) in [6.07, 6.45) is 2.08. The van der Waals surface area contributed by atoms with Crippen LogP contribution in [0.3, 0.4) is 0 Å². The van der Waals surface area contributed by atoms with E-state index in [2.05, 4.69) is 48.7 Å². The second-order valence-corrected chi connectivity index (χ2v) is 6.61. The molecule has 21 heavy (non-hydrogen) atoms. The van der Waals surface area contributed by atoms with E-state index in [-0.39, 0.29) is 18.3 Å². The number of carbonyl (C=O) groups excluding carboxylic acids is 1. The molecule has 0 radical (unpaired) electrons. The number of hydrogen-bond acceptors (Lipinski definition) is 3. The molecule has 0 saturated carbocycles. The Morgan fingerprint density at radius 2 is 2.29 bits per heavy atom. The van der Waals surface area contributed by atoms with Crippen LogP contribution in [0.15, 0.2) is 24.3 Å². The fourth-order valence-electron chi connectivity index (χ4n) is 2.60. The zero-order chi connectivity index (χ0) is 14.4. The largest absolute Gasteiger partial charge is 0.353 e. The molecule has 2 N–H and O–H groups in total. The van der Waals surface area contributed by atoms with Crippen molar-refractivity contribution in [2.45, 2.75) is 44.5 Å². The van der Waals surface area contributed by atoms with Crippen LogP contribution in [-0.2, 0) is 10.5 Å². The minimum Gasteiger partial charge on any atom is -0.353 e. The van der Waals surface area contributed by atoms with E-state index in [1.165, 1.54) is 11.1 Å². The molecule has 1 aliphatic heterocycles. The van der Waals surface area contributed by atoms with Crippen LogP contribution in [0, 0.1) is 6.92 Å². The molecule has 0 aliphatic carbocycles. The van der Waals surface area contributed by atoms with Crippen molar-refractivity contribution in [2.75, 3.05) is 12.3 Å². The first-order chi connectivity index (χ1) is 9.63. The summed E-state index contributed by atoms with van der Waals surface area (Å²) >= 11 is 1.68. The van der Waals surface area contributed by atoms with Gasteiger partial charge in [-0.3, -0.25) is 4.79 Å². The summed E-state index contributed by atoms with van der Waals surface area (Å²) in [6.45, 7) is 5.27. The van der Waals surface area contributed by atoms with Gasteiger partial charge < -0.3 is 10.6 Å². The number of hydrogen-bond donors (Lipinski definition) is 2. The summed E-state index contributed by atoms with van der Waals surface area (Å²) < 4.78 is 0. The number of thioether (sulfide) groups is 1. The number of halogens is 1. The van der Waals surface area contributed by atoms with Crippen LogP contribution in [0.2, 0.25) is 0 Å². The van der Waals surface area contributed by atoms with Gasteiger partial charge in [-0.15, -0.1) is 24.2 Å². The van der Waals surface area contributed by atoms with Crippen molar-refractivity contribution in [3.63, 3.8) is 0 Å². The summed E-state index contributed by atoms with van der Waals surface area (Å²) in [5.74, 6) is 1.62. The molecule has 1 aromatic carbocycles. The molecule has 1 saturated heterocycles. The molecule has 1 aromatic rings. The number of aryl methyl sites for hydroxylation is 1. The van der Waals surface area contributed by atoms with Gasteiger partial charge in [-0.25, -0.2) is 0 Å². The van der Waals surface area contributed by atoms with E-state index >= 15 is 0 Å². The maximum absolute atomic E-state index is 11.9. The number of carbonyl (C=O) groups is 1.